The Balaban J connectivity index is 1.27. The maximum Gasteiger partial charge on any atom is 0.321 e. The molecule has 3 aromatic carbocycles. The maximum atomic E-state index is 13.0. The van der Waals surface area contributed by atoms with Crippen LogP contribution >= 0.6 is 11.8 Å². The Labute approximate surface area is 189 Å². The summed E-state index contributed by atoms with van der Waals surface area (Å²) in [6.07, 6.45) is 0. The smallest absolute Gasteiger partial charge is 0.321 e. The molecule has 1 fully saturated rings. The fourth-order valence-electron chi connectivity index (χ4n) is 3.65. The van der Waals surface area contributed by atoms with Gasteiger partial charge in [-0.15, -0.1) is 0 Å². The van der Waals surface area contributed by atoms with Crippen LogP contribution in [-0.2, 0) is 5.75 Å². The average molecular weight is 444 g/mol. The lowest BCUT2D eigenvalue weighted by Gasteiger charge is -2.15. The lowest BCUT2D eigenvalue weighted by Crippen LogP contribution is -2.27. The van der Waals surface area contributed by atoms with E-state index in [0.29, 0.717) is 30.1 Å². The highest BCUT2D eigenvalue weighted by Gasteiger charge is 2.21. The molecule has 0 aliphatic carbocycles. The SMILES string of the molecule is O=C(Nc1ccc(N2CCNC2=O)cc1)c1ccccc1CSc1nc2ccccc2[nH]1. The van der Waals surface area contributed by atoms with E-state index < -0.39 is 0 Å². The van der Waals surface area contributed by atoms with Crippen molar-refractivity contribution >= 4 is 46.1 Å². The molecule has 7 nitrogen and oxygen atoms in total. The zero-order valence-electron chi connectivity index (χ0n) is 17.2. The van der Waals surface area contributed by atoms with Gasteiger partial charge in [-0.05, 0) is 48.0 Å². The molecule has 5 rings (SSSR count). The van der Waals surface area contributed by atoms with Gasteiger partial charge in [-0.3, -0.25) is 9.69 Å². The highest BCUT2D eigenvalue weighted by molar-refractivity contribution is 7.98. The summed E-state index contributed by atoms with van der Waals surface area (Å²) in [5, 5.41) is 6.56. The number of aromatic nitrogens is 2. The molecular weight excluding hydrogens is 422 g/mol. The topological polar surface area (TPSA) is 90.1 Å². The third-order valence-corrected chi connectivity index (χ3v) is 6.21. The molecule has 0 atom stereocenters. The molecule has 160 valence electrons. The van der Waals surface area contributed by atoms with Crippen LogP contribution < -0.4 is 15.5 Å². The summed E-state index contributed by atoms with van der Waals surface area (Å²) in [4.78, 5) is 34.3. The van der Waals surface area contributed by atoms with Crippen LogP contribution in [0, 0.1) is 0 Å². The van der Waals surface area contributed by atoms with E-state index in [9.17, 15) is 9.59 Å². The van der Waals surface area contributed by atoms with Gasteiger partial charge in [0.25, 0.3) is 5.91 Å². The van der Waals surface area contributed by atoms with Crippen LogP contribution in [-0.4, -0.2) is 35.0 Å². The molecule has 2 heterocycles. The minimum absolute atomic E-state index is 0.0994. The number of nitrogens with one attached hydrogen (secondary N) is 3. The molecule has 8 heteroatoms. The number of para-hydroxylation sites is 2. The second kappa shape index (κ2) is 8.76. The third-order valence-electron chi connectivity index (χ3n) is 5.29. The van der Waals surface area contributed by atoms with Gasteiger partial charge >= 0.3 is 6.03 Å². The van der Waals surface area contributed by atoms with Crippen molar-refractivity contribution in [1.82, 2.24) is 15.3 Å². The summed E-state index contributed by atoms with van der Waals surface area (Å²) in [5.74, 6) is 0.448. The average Bonchev–Trinajstić information content (AvgIpc) is 3.44. The predicted octanol–water partition coefficient (Wildman–Crippen LogP) is 4.64. The van der Waals surface area contributed by atoms with E-state index in [2.05, 4.69) is 20.6 Å². The number of thioether (sulfide) groups is 1. The highest BCUT2D eigenvalue weighted by atomic mass is 32.2. The van der Waals surface area contributed by atoms with E-state index in [1.165, 1.54) is 0 Å². The molecule has 1 saturated heterocycles. The molecule has 3 amide bonds. The number of rotatable bonds is 6. The summed E-state index contributed by atoms with van der Waals surface area (Å²) < 4.78 is 0. The summed E-state index contributed by atoms with van der Waals surface area (Å²) in [7, 11) is 0. The van der Waals surface area contributed by atoms with Gasteiger partial charge < -0.3 is 15.6 Å². The number of H-pyrrole nitrogens is 1. The number of benzene rings is 3. The van der Waals surface area contributed by atoms with Crippen molar-refractivity contribution in [2.24, 2.45) is 0 Å². The molecule has 1 aliphatic heterocycles. The predicted molar refractivity (Wildman–Crippen MR) is 127 cm³/mol. The van der Waals surface area contributed by atoms with Crippen molar-refractivity contribution in [3.63, 3.8) is 0 Å². The molecule has 32 heavy (non-hydrogen) atoms. The first-order chi connectivity index (χ1) is 15.7. The number of anilines is 2. The van der Waals surface area contributed by atoms with Crippen molar-refractivity contribution in [3.8, 4) is 0 Å². The summed E-state index contributed by atoms with van der Waals surface area (Å²) >= 11 is 1.56. The Morgan fingerprint density at radius 1 is 1.03 bits per heavy atom. The molecule has 0 radical (unpaired) electrons. The van der Waals surface area contributed by atoms with Crippen LogP contribution in [0.25, 0.3) is 11.0 Å². The summed E-state index contributed by atoms with van der Waals surface area (Å²) in [5.41, 5.74) is 4.96. The number of fused-ring (bicyclic) bond motifs is 1. The second-order valence-electron chi connectivity index (χ2n) is 7.39. The maximum absolute atomic E-state index is 13.0. The first kappa shape index (κ1) is 20.1. The van der Waals surface area contributed by atoms with E-state index in [1.54, 1.807) is 16.7 Å². The zero-order valence-corrected chi connectivity index (χ0v) is 18.0. The summed E-state index contributed by atoms with van der Waals surface area (Å²) in [6.45, 7) is 1.28. The number of nitrogens with zero attached hydrogens (tertiary/aromatic N) is 2. The van der Waals surface area contributed by atoms with Gasteiger partial charge in [0, 0.05) is 35.8 Å². The first-order valence-electron chi connectivity index (χ1n) is 10.3. The Morgan fingerprint density at radius 3 is 2.59 bits per heavy atom. The van der Waals surface area contributed by atoms with Crippen LogP contribution in [0.3, 0.4) is 0 Å². The molecule has 0 bridgehead atoms. The standard InChI is InChI=1S/C24H21N5O2S/c30-22(26-17-9-11-18(12-10-17)29-14-13-25-24(29)31)19-6-2-1-5-16(19)15-32-23-27-20-7-3-4-8-21(20)28-23/h1-12H,13-15H2,(H,25,31)(H,26,30)(H,27,28). The minimum Gasteiger partial charge on any atom is -0.336 e. The lowest BCUT2D eigenvalue weighted by molar-refractivity contribution is 0.102. The van der Waals surface area contributed by atoms with Crippen LogP contribution in [0.5, 0.6) is 0 Å². The Morgan fingerprint density at radius 2 is 1.81 bits per heavy atom. The van der Waals surface area contributed by atoms with Crippen molar-refractivity contribution in [3.05, 3.63) is 83.9 Å². The molecule has 0 unspecified atom stereocenters. The highest BCUT2D eigenvalue weighted by Crippen LogP contribution is 2.25. The number of carbonyl (C=O) groups excluding carboxylic acids is 2. The van der Waals surface area contributed by atoms with Crippen LogP contribution in [0.2, 0.25) is 0 Å². The molecular formula is C24H21N5O2S. The Hall–Kier alpha value is -3.78. The van der Waals surface area contributed by atoms with Crippen molar-refractivity contribution in [2.45, 2.75) is 10.9 Å². The fourth-order valence-corrected chi connectivity index (χ4v) is 4.54. The third kappa shape index (κ3) is 4.17. The number of urea groups is 1. The van der Waals surface area contributed by atoms with Gasteiger partial charge in [-0.2, -0.15) is 0 Å². The largest absolute Gasteiger partial charge is 0.336 e. The van der Waals surface area contributed by atoms with E-state index in [0.717, 1.165) is 27.4 Å². The molecule has 3 N–H and O–H groups in total. The monoisotopic (exact) mass is 443 g/mol. The van der Waals surface area contributed by atoms with Crippen molar-refractivity contribution < 1.29 is 9.59 Å². The van der Waals surface area contributed by atoms with Crippen LogP contribution in [0.1, 0.15) is 15.9 Å². The van der Waals surface area contributed by atoms with E-state index >= 15 is 0 Å². The normalized spacial score (nSPS) is 13.4. The quantitative estimate of drug-likeness (QED) is 0.379. The van der Waals surface area contributed by atoms with Gasteiger partial charge in [0.2, 0.25) is 0 Å². The van der Waals surface area contributed by atoms with Crippen molar-refractivity contribution in [1.29, 1.82) is 0 Å². The van der Waals surface area contributed by atoms with E-state index in [4.69, 9.17) is 0 Å². The Kier molecular flexibility index (Phi) is 5.51. The van der Waals surface area contributed by atoms with Crippen LogP contribution in [0.4, 0.5) is 16.2 Å². The minimum atomic E-state index is -0.169. The number of hydrogen-bond acceptors (Lipinski definition) is 4. The van der Waals surface area contributed by atoms with Crippen LogP contribution in [0.15, 0.2) is 78.0 Å². The molecule has 0 saturated carbocycles. The Bertz CT molecular complexity index is 1250. The van der Waals surface area contributed by atoms with Gasteiger partial charge in [-0.1, -0.05) is 42.1 Å². The fraction of sp³-hybridized carbons (Fsp3) is 0.125. The first-order valence-corrected chi connectivity index (χ1v) is 11.3. The number of carbonyl (C=O) groups is 2. The van der Waals surface area contributed by atoms with Crippen molar-refractivity contribution in [2.75, 3.05) is 23.3 Å². The number of imidazole rings is 1. The molecule has 4 aromatic rings. The summed E-state index contributed by atoms with van der Waals surface area (Å²) in [6, 6.07) is 22.7. The van der Waals surface area contributed by atoms with Gasteiger partial charge in [0.05, 0.1) is 11.0 Å². The van der Waals surface area contributed by atoms with Gasteiger partial charge in [0.1, 0.15) is 0 Å². The number of hydrogen-bond donors (Lipinski definition) is 3. The zero-order chi connectivity index (χ0) is 21.9. The number of amides is 3. The lowest BCUT2D eigenvalue weighted by atomic mass is 10.1. The molecule has 0 spiro atoms. The van der Waals surface area contributed by atoms with Gasteiger partial charge in [0.15, 0.2) is 5.16 Å². The second-order valence-corrected chi connectivity index (χ2v) is 8.35. The molecule has 1 aliphatic rings. The van der Waals surface area contributed by atoms with Gasteiger partial charge in [-0.25, -0.2) is 9.78 Å². The number of aromatic amines is 1. The molecule has 1 aromatic heterocycles. The van der Waals surface area contributed by atoms with E-state index in [-0.39, 0.29) is 11.9 Å². The van der Waals surface area contributed by atoms with E-state index in [1.807, 2.05) is 72.8 Å².